The highest BCUT2D eigenvalue weighted by atomic mass is 31.2. The summed E-state index contributed by atoms with van der Waals surface area (Å²) in [5.41, 5.74) is 0. The van der Waals surface area contributed by atoms with Gasteiger partial charge in [0.25, 0.3) is 0 Å². The lowest BCUT2D eigenvalue weighted by Crippen LogP contribution is -2.37. The molecule has 0 spiro atoms. The molecule has 0 aromatic carbocycles. The summed E-state index contributed by atoms with van der Waals surface area (Å²) >= 11 is 0. The fourth-order valence-corrected chi connectivity index (χ4v) is 4.29. The number of allylic oxidation sites excluding steroid dienone is 4. The van der Waals surface area contributed by atoms with E-state index < -0.39 is 32.5 Å². The van der Waals surface area contributed by atoms with Gasteiger partial charge in [-0.15, -0.1) is 0 Å². The molecule has 1 N–H and O–H groups in total. The zero-order chi connectivity index (χ0) is 30.1. The van der Waals surface area contributed by atoms with Gasteiger partial charge in [-0.05, 0) is 44.9 Å². The molecule has 0 heterocycles. The van der Waals surface area contributed by atoms with E-state index in [1.54, 1.807) is 0 Å². The Morgan fingerprint density at radius 3 is 2.02 bits per heavy atom. The highest BCUT2D eigenvalue weighted by molar-refractivity contribution is 7.47. The molecule has 0 aliphatic carbocycles. The maximum Gasteiger partial charge on any atom is 0.472 e. The number of unbranched alkanes of at least 4 members (excludes halogenated alkanes) is 8. The van der Waals surface area contributed by atoms with Gasteiger partial charge in [0.05, 0.1) is 27.7 Å². The second-order valence-electron chi connectivity index (χ2n) is 11.1. The average molecular weight is 591 g/mol. The number of carbonyl (C=O) groups excluding carboxylic acids is 2. The molecular formula is C30H57NO8P+. The number of carbonyl (C=O) groups is 2. The predicted molar refractivity (Wildman–Crippen MR) is 160 cm³/mol. The third-order valence-electron chi connectivity index (χ3n) is 5.95. The monoisotopic (exact) mass is 590 g/mol. The Kier molecular flexibility index (Phi) is 23.2. The van der Waals surface area contributed by atoms with Crippen molar-refractivity contribution in [2.75, 3.05) is 47.5 Å². The van der Waals surface area contributed by atoms with E-state index in [1.165, 1.54) is 25.7 Å². The third kappa shape index (κ3) is 26.7. The molecule has 0 rings (SSSR count). The van der Waals surface area contributed by atoms with Crippen LogP contribution in [0.15, 0.2) is 24.3 Å². The number of quaternary nitrogens is 1. The second kappa shape index (κ2) is 24.1. The van der Waals surface area contributed by atoms with Gasteiger partial charge in [-0.1, -0.05) is 70.3 Å². The molecule has 0 aliphatic heterocycles. The maximum atomic E-state index is 12.4. The van der Waals surface area contributed by atoms with Crippen LogP contribution in [0.3, 0.4) is 0 Å². The van der Waals surface area contributed by atoms with Crippen LogP contribution in [-0.2, 0) is 32.7 Å². The largest absolute Gasteiger partial charge is 0.472 e. The lowest BCUT2D eigenvalue weighted by molar-refractivity contribution is -0.870. The molecule has 234 valence electrons. The molecule has 0 bridgehead atoms. The third-order valence-corrected chi connectivity index (χ3v) is 6.94. The lowest BCUT2D eigenvalue weighted by Gasteiger charge is -2.24. The molecule has 0 saturated heterocycles. The van der Waals surface area contributed by atoms with Crippen molar-refractivity contribution in [1.29, 1.82) is 0 Å². The molecule has 0 aromatic rings. The van der Waals surface area contributed by atoms with E-state index >= 15 is 0 Å². The van der Waals surface area contributed by atoms with Crippen LogP contribution in [0, 0.1) is 0 Å². The molecule has 9 nitrogen and oxygen atoms in total. The second-order valence-corrected chi connectivity index (χ2v) is 12.6. The number of likely N-dealkylation sites (N-methyl/N-ethyl adjacent to an activating group) is 1. The van der Waals surface area contributed by atoms with Gasteiger partial charge in [-0.3, -0.25) is 18.6 Å². The van der Waals surface area contributed by atoms with Crippen LogP contribution in [0.25, 0.3) is 0 Å². The molecule has 40 heavy (non-hydrogen) atoms. The first kappa shape index (κ1) is 38.5. The quantitative estimate of drug-likeness (QED) is 0.0381. The highest BCUT2D eigenvalue weighted by Gasteiger charge is 2.26. The number of phosphoric ester groups is 1. The first-order valence-corrected chi connectivity index (χ1v) is 16.6. The summed E-state index contributed by atoms with van der Waals surface area (Å²) < 4.78 is 33.4. The van der Waals surface area contributed by atoms with Gasteiger partial charge >= 0.3 is 19.8 Å². The molecule has 2 unspecified atom stereocenters. The Morgan fingerprint density at radius 1 is 0.775 bits per heavy atom. The highest BCUT2D eigenvalue weighted by Crippen LogP contribution is 2.43. The fraction of sp³-hybridized carbons (Fsp3) is 0.800. The summed E-state index contributed by atoms with van der Waals surface area (Å²) in [4.78, 5) is 34.1. The standard InChI is InChI=1S/C30H56NO8P/c1-6-8-9-10-11-12-13-14-15-16-17-18-19-20-21-23-30(33)39-28(26-36-29(32)22-7-2)27-38-40(34,35)37-25-24-31(3,4)5/h11-12,14-15,28H,6-10,13,16-27H2,1-5H3/p+1/b12-11-,15-14-. The van der Waals surface area contributed by atoms with Gasteiger partial charge in [0.1, 0.15) is 19.8 Å². The minimum Gasteiger partial charge on any atom is -0.462 e. The summed E-state index contributed by atoms with van der Waals surface area (Å²) in [5, 5.41) is 0. The lowest BCUT2D eigenvalue weighted by atomic mass is 10.1. The predicted octanol–water partition coefficient (Wildman–Crippen LogP) is 6.89. The number of esters is 2. The molecule has 0 aliphatic rings. The van der Waals surface area contributed by atoms with Crippen molar-refractivity contribution in [3.63, 3.8) is 0 Å². The van der Waals surface area contributed by atoms with Crippen LogP contribution in [-0.4, -0.2) is 74.9 Å². The van der Waals surface area contributed by atoms with E-state index in [9.17, 15) is 19.0 Å². The molecular weight excluding hydrogens is 533 g/mol. The van der Waals surface area contributed by atoms with Gasteiger partial charge < -0.3 is 18.9 Å². The summed E-state index contributed by atoms with van der Waals surface area (Å²) in [6.45, 7) is 3.95. The molecule has 0 saturated carbocycles. The van der Waals surface area contributed by atoms with E-state index in [0.717, 1.165) is 38.5 Å². The normalized spacial score (nSPS) is 14.4. The Bertz CT molecular complexity index is 763. The average Bonchev–Trinajstić information content (AvgIpc) is 2.87. The fourth-order valence-electron chi connectivity index (χ4n) is 3.55. The zero-order valence-corrected chi connectivity index (χ0v) is 26.7. The van der Waals surface area contributed by atoms with Gasteiger partial charge in [-0.25, -0.2) is 4.57 Å². The molecule has 2 atom stereocenters. The number of ether oxygens (including phenoxy) is 2. The van der Waals surface area contributed by atoms with E-state index in [4.69, 9.17) is 18.5 Å². The Morgan fingerprint density at radius 2 is 1.40 bits per heavy atom. The first-order chi connectivity index (χ1) is 19.0. The van der Waals surface area contributed by atoms with Crippen LogP contribution in [0.5, 0.6) is 0 Å². The summed E-state index contributed by atoms with van der Waals surface area (Å²) in [7, 11) is 1.45. The SMILES string of the molecule is CCCCC/C=C\C/C=C\CCCCCCCC(=O)OC(COC(=O)CCC)COP(=O)(O)OCC[N+](C)(C)C. The Labute approximate surface area is 243 Å². The summed E-state index contributed by atoms with van der Waals surface area (Å²) in [6.07, 6.45) is 21.0. The van der Waals surface area contributed by atoms with E-state index in [-0.39, 0.29) is 26.1 Å². The van der Waals surface area contributed by atoms with Gasteiger partial charge in [0, 0.05) is 12.8 Å². The van der Waals surface area contributed by atoms with Crippen molar-refractivity contribution in [2.45, 2.75) is 110 Å². The van der Waals surface area contributed by atoms with Crippen molar-refractivity contribution in [3.8, 4) is 0 Å². The van der Waals surface area contributed by atoms with E-state index in [1.807, 2.05) is 28.1 Å². The topological polar surface area (TPSA) is 108 Å². The smallest absolute Gasteiger partial charge is 0.462 e. The molecule has 0 radical (unpaired) electrons. The van der Waals surface area contributed by atoms with Crippen LogP contribution in [0.1, 0.15) is 104 Å². The van der Waals surface area contributed by atoms with Crippen molar-refractivity contribution < 1.29 is 42.1 Å². The minimum absolute atomic E-state index is 0.0278. The van der Waals surface area contributed by atoms with Crippen LogP contribution < -0.4 is 0 Å². The van der Waals surface area contributed by atoms with Gasteiger partial charge in [0.2, 0.25) is 0 Å². The number of hydrogen-bond donors (Lipinski definition) is 1. The van der Waals surface area contributed by atoms with Gasteiger partial charge in [-0.2, -0.15) is 0 Å². The van der Waals surface area contributed by atoms with Crippen LogP contribution in [0.4, 0.5) is 0 Å². The van der Waals surface area contributed by atoms with Crippen molar-refractivity contribution in [3.05, 3.63) is 24.3 Å². The summed E-state index contributed by atoms with van der Waals surface area (Å²) in [5.74, 6) is -0.881. The number of hydrogen-bond acceptors (Lipinski definition) is 7. The van der Waals surface area contributed by atoms with Crippen LogP contribution >= 0.6 is 7.82 Å². The van der Waals surface area contributed by atoms with Gasteiger partial charge in [0.15, 0.2) is 6.10 Å². The number of rotatable bonds is 26. The van der Waals surface area contributed by atoms with E-state index in [0.29, 0.717) is 23.9 Å². The Hall–Kier alpha value is -1.51. The Balaban J connectivity index is 4.27. The number of phosphoric acid groups is 1. The molecule has 0 aromatic heterocycles. The van der Waals surface area contributed by atoms with Crippen molar-refractivity contribution in [1.82, 2.24) is 0 Å². The maximum absolute atomic E-state index is 12.4. The van der Waals surface area contributed by atoms with E-state index in [2.05, 4.69) is 31.2 Å². The molecule has 0 fully saturated rings. The first-order valence-electron chi connectivity index (χ1n) is 15.1. The zero-order valence-electron chi connectivity index (χ0n) is 25.8. The number of nitrogens with zero attached hydrogens (tertiary/aromatic N) is 1. The van der Waals surface area contributed by atoms with Crippen molar-refractivity contribution in [2.24, 2.45) is 0 Å². The summed E-state index contributed by atoms with van der Waals surface area (Å²) in [6, 6.07) is 0. The van der Waals surface area contributed by atoms with Crippen LogP contribution in [0.2, 0.25) is 0 Å². The minimum atomic E-state index is -4.34. The molecule has 10 heteroatoms. The van der Waals surface area contributed by atoms with Crippen molar-refractivity contribution >= 4 is 19.8 Å². The molecule has 0 amide bonds.